The van der Waals surface area contributed by atoms with Crippen LogP contribution in [0.2, 0.25) is 0 Å². The van der Waals surface area contributed by atoms with Crippen LogP contribution in [0.1, 0.15) is 36.5 Å². The fourth-order valence-corrected chi connectivity index (χ4v) is 4.32. The molecule has 4 rings (SSSR count). The van der Waals surface area contributed by atoms with Crippen LogP contribution in [-0.4, -0.2) is 60.1 Å². The van der Waals surface area contributed by atoms with Gasteiger partial charge in [0, 0.05) is 32.2 Å². The number of anilines is 2. The fourth-order valence-electron chi connectivity index (χ4n) is 4.32. The number of fused-ring (bicyclic) bond motifs is 1. The third-order valence-corrected chi connectivity index (χ3v) is 5.72. The van der Waals surface area contributed by atoms with Crippen molar-refractivity contribution in [2.45, 2.75) is 45.4 Å². The molecule has 2 aliphatic rings. The van der Waals surface area contributed by atoms with Crippen LogP contribution >= 0.6 is 0 Å². The Balaban J connectivity index is 1.55. The zero-order valence-corrected chi connectivity index (χ0v) is 18.3. The molecule has 2 N–H and O–H groups in total. The van der Waals surface area contributed by atoms with Gasteiger partial charge in [0.2, 0.25) is 0 Å². The Kier molecular flexibility index (Phi) is 6.67. The average Bonchev–Trinajstić information content (AvgIpc) is 3.22. The number of nitrogens with two attached hydrogens (primary N) is 1. The lowest BCUT2D eigenvalue weighted by molar-refractivity contribution is -0.117. The third-order valence-electron chi connectivity index (χ3n) is 5.72. The van der Waals surface area contributed by atoms with Gasteiger partial charge >= 0.3 is 6.01 Å². The van der Waals surface area contributed by atoms with Gasteiger partial charge in [-0.1, -0.05) is 24.3 Å². The summed E-state index contributed by atoms with van der Waals surface area (Å²) in [6, 6.07) is 8.78. The van der Waals surface area contributed by atoms with E-state index >= 15 is 0 Å². The predicted octanol–water partition coefficient (Wildman–Crippen LogP) is 2.20. The van der Waals surface area contributed by atoms with Crippen molar-refractivity contribution >= 4 is 17.4 Å². The molecular formula is C23H31N5O3. The number of Topliss-reactive ketones (excluding diaryl/α,β-unsaturated/α-hetero) is 1. The molecule has 2 aromatic rings. The second-order valence-electron chi connectivity index (χ2n) is 8.45. The first-order valence-electron chi connectivity index (χ1n) is 10.9. The molecule has 0 bridgehead atoms. The summed E-state index contributed by atoms with van der Waals surface area (Å²) < 4.78 is 10.9. The quantitative estimate of drug-likeness (QED) is 0.688. The van der Waals surface area contributed by atoms with Crippen molar-refractivity contribution < 1.29 is 14.3 Å². The van der Waals surface area contributed by atoms with Gasteiger partial charge in [-0.15, -0.1) is 0 Å². The van der Waals surface area contributed by atoms with E-state index in [1.54, 1.807) is 7.11 Å². The van der Waals surface area contributed by atoms with Gasteiger partial charge in [0.25, 0.3) is 0 Å². The van der Waals surface area contributed by atoms with Gasteiger partial charge in [0.05, 0.1) is 13.2 Å². The van der Waals surface area contributed by atoms with Crippen molar-refractivity contribution in [1.82, 2.24) is 14.9 Å². The Morgan fingerprint density at radius 2 is 1.90 bits per heavy atom. The first kappa shape index (κ1) is 21.5. The Morgan fingerprint density at radius 1 is 1.16 bits per heavy atom. The summed E-state index contributed by atoms with van der Waals surface area (Å²) in [7, 11) is 1.62. The molecule has 2 aliphatic heterocycles. The van der Waals surface area contributed by atoms with Crippen molar-refractivity contribution in [2.24, 2.45) is 0 Å². The van der Waals surface area contributed by atoms with Crippen molar-refractivity contribution in [3.8, 4) is 6.01 Å². The molecule has 1 saturated heterocycles. The first-order valence-corrected chi connectivity index (χ1v) is 10.9. The molecule has 3 heterocycles. The zero-order chi connectivity index (χ0) is 21.8. The number of benzene rings is 1. The van der Waals surface area contributed by atoms with Crippen molar-refractivity contribution in [3.05, 3.63) is 41.0 Å². The number of methoxy groups -OCH3 is 1. The highest BCUT2D eigenvalue weighted by molar-refractivity contribution is 5.91. The maximum Gasteiger partial charge on any atom is 0.320 e. The van der Waals surface area contributed by atoms with Gasteiger partial charge in [0.1, 0.15) is 17.7 Å². The highest BCUT2D eigenvalue weighted by Gasteiger charge is 2.28. The van der Waals surface area contributed by atoms with Gasteiger partial charge in [-0.25, -0.2) is 0 Å². The molecule has 1 aromatic carbocycles. The van der Waals surface area contributed by atoms with E-state index < -0.39 is 0 Å². The molecule has 0 saturated carbocycles. The van der Waals surface area contributed by atoms with Crippen LogP contribution in [0.15, 0.2) is 24.3 Å². The van der Waals surface area contributed by atoms with Crippen molar-refractivity contribution in [3.63, 3.8) is 0 Å². The molecule has 0 aliphatic carbocycles. The monoisotopic (exact) mass is 425 g/mol. The number of nitrogens with zero attached hydrogens (tertiary/aromatic N) is 4. The Labute approximate surface area is 183 Å². The summed E-state index contributed by atoms with van der Waals surface area (Å²) in [4.78, 5) is 25.7. The zero-order valence-electron chi connectivity index (χ0n) is 18.3. The van der Waals surface area contributed by atoms with Gasteiger partial charge in [-0.3, -0.25) is 9.69 Å². The summed E-state index contributed by atoms with van der Waals surface area (Å²) in [6.45, 7) is 6.48. The standard InChI is InChI=1S/C23H31N5O3/c1-16(15-30-2)31-23-25-21(24)20-11-19(29)14-28(22(20)26-23)13-18-7-5-6-17(10-18)12-27-8-3-4-9-27/h5-7,10,16H,3-4,8-9,11-15H2,1-2H3,(H2,24,25,26)/t16-/m0/s1. The highest BCUT2D eigenvalue weighted by atomic mass is 16.5. The van der Waals surface area contributed by atoms with Crippen molar-refractivity contribution in [1.29, 1.82) is 0 Å². The van der Waals surface area contributed by atoms with Gasteiger partial charge in [-0.05, 0) is 44.0 Å². The van der Waals surface area contributed by atoms with Crippen LogP contribution in [0.3, 0.4) is 0 Å². The SMILES string of the molecule is COC[C@H](C)Oc1nc(N)c2c(n1)N(Cc1cccc(CN3CCCC3)c1)CC(=O)C2. The Hall–Kier alpha value is -2.71. The van der Waals surface area contributed by atoms with E-state index in [0.717, 1.165) is 12.1 Å². The molecule has 1 aromatic heterocycles. The van der Waals surface area contributed by atoms with Gasteiger partial charge < -0.3 is 20.1 Å². The van der Waals surface area contributed by atoms with Gasteiger partial charge in [-0.2, -0.15) is 9.97 Å². The lowest BCUT2D eigenvalue weighted by Crippen LogP contribution is -2.37. The number of hydrogen-bond acceptors (Lipinski definition) is 8. The molecule has 166 valence electrons. The molecule has 0 amide bonds. The number of aromatic nitrogens is 2. The fraction of sp³-hybridized carbons (Fsp3) is 0.522. The maximum absolute atomic E-state index is 12.4. The Morgan fingerprint density at radius 3 is 2.65 bits per heavy atom. The van der Waals surface area contributed by atoms with Crippen LogP contribution < -0.4 is 15.4 Å². The topological polar surface area (TPSA) is 93.8 Å². The van der Waals surface area contributed by atoms with Crippen LogP contribution in [-0.2, 0) is 29.0 Å². The highest BCUT2D eigenvalue weighted by Crippen LogP contribution is 2.31. The molecular weight excluding hydrogens is 394 g/mol. The van der Waals surface area contributed by atoms with Crippen LogP contribution in [0.25, 0.3) is 0 Å². The molecule has 8 heteroatoms. The molecule has 1 fully saturated rings. The van der Waals surface area contributed by atoms with Gasteiger partial charge in [0.15, 0.2) is 5.78 Å². The number of nitrogen functional groups attached to an aromatic ring is 1. The van der Waals surface area contributed by atoms with E-state index in [9.17, 15) is 4.79 Å². The van der Waals surface area contributed by atoms with E-state index in [-0.39, 0.29) is 24.3 Å². The normalized spacial score (nSPS) is 17.6. The maximum atomic E-state index is 12.4. The molecule has 31 heavy (non-hydrogen) atoms. The van der Waals surface area contributed by atoms with E-state index in [2.05, 4.69) is 39.1 Å². The number of carbonyl (C=O) groups is 1. The minimum atomic E-state index is -0.205. The number of ketones is 1. The van der Waals surface area contributed by atoms with E-state index in [1.165, 1.54) is 31.5 Å². The van der Waals surface area contributed by atoms with E-state index in [0.29, 0.717) is 36.9 Å². The molecule has 0 spiro atoms. The number of ether oxygens (including phenoxy) is 2. The summed E-state index contributed by atoms with van der Waals surface area (Å²) >= 11 is 0. The summed E-state index contributed by atoms with van der Waals surface area (Å²) in [5.74, 6) is 1.08. The average molecular weight is 426 g/mol. The second-order valence-corrected chi connectivity index (χ2v) is 8.45. The van der Waals surface area contributed by atoms with Crippen molar-refractivity contribution in [2.75, 3.05) is 44.0 Å². The summed E-state index contributed by atoms with van der Waals surface area (Å²) in [6.07, 6.45) is 2.60. The van der Waals surface area contributed by atoms with Crippen LogP contribution in [0, 0.1) is 0 Å². The smallest absolute Gasteiger partial charge is 0.320 e. The summed E-state index contributed by atoms with van der Waals surface area (Å²) in [5.41, 5.74) is 9.29. The minimum Gasteiger partial charge on any atom is -0.458 e. The largest absolute Gasteiger partial charge is 0.458 e. The van der Waals surface area contributed by atoms with Crippen LogP contribution in [0.5, 0.6) is 6.01 Å². The Bertz CT molecular complexity index is 929. The van der Waals surface area contributed by atoms with E-state index in [1.807, 2.05) is 11.8 Å². The third kappa shape index (κ3) is 5.32. The molecule has 0 unspecified atom stereocenters. The number of carbonyl (C=O) groups excluding carboxylic acids is 1. The number of rotatable bonds is 8. The van der Waals surface area contributed by atoms with Crippen LogP contribution in [0.4, 0.5) is 11.6 Å². The molecule has 1 atom stereocenters. The molecule has 8 nitrogen and oxygen atoms in total. The molecule has 0 radical (unpaired) electrons. The summed E-state index contributed by atoms with van der Waals surface area (Å²) in [5, 5.41) is 0. The van der Waals surface area contributed by atoms with E-state index in [4.69, 9.17) is 15.2 Å². The lowest BCUT2D eigenvalue weighted by Gasteiger charge is -2.30. The predicted molar refractivity (Wildman–Crippen MR) is 119 cm³/mol. The second kappa shape index (κ2) is 9.62. The minimum absolute atomic E-state index is 0.109. The lowest BCUT2D eigenvalue weighted by atomic mass is 10.0. The number of likely N-dealkylation sites (tertiary alicyclic amines) is 1. The number of hydrogen-bond donors (Lipinski definition) is 1. The first-order chi connectivity index (χ1) is 15.0.